The van der Waals surface area contributed by atoms with E-state index >= 15 is 0 Å². The molecule has 0 aromatic carbocycles. The highest BCUT2D eigenvalue weighted by atomic mass is 16.4. The summed E-state index contributed by atoms with van der Waals surface area (Å²) in [5.74, 6) is -0.0852. The first kappa shape index (κ1) is 12.9. The van der Waals surface area contributed by atoms with Crippen molar-refractivity contribution in [2.75, 3.05) is 5.32 Å². The van der Waals surface area contributed by atoms with Crippen molar-refractivity contribution < 1.29 is 14.3 Å². The van der Waals surface area contributed by atoms with Crippen molar-refractivity contribution in [1.29, 1.82) is 0 Å². The van der Waals surface area contributed by atoms with Gasteiger partial charge in [0.15, 0.2) is 5.82 Å². The van der Waals surface area contributed by atoms with Gasteiger partial charge < -0.3 is 19.4 Å². The first-order valence-corrected chi connectivity index (χ1v) is 5.57. The number of carboxylic acids is 1. The number of nitrogens with zero attached hydrogens (tertiary/aromatic N) is 2. The van der Waals surface area contributed by atoms with Gasteiger partial charge in [0, 0.05) is 19.4 Å². The third kappa shape index (κ3) is 2.65. The first-order chi connectivity index (χ1) is 8.99. The van der Waals surface area contributed by atoms with Gasteiger partial charge >= 0.3 is 5.97 Å². The molecule has 0 saturated heterocycles. The lowest BCUT2D eigenvalue weighted by Crippen LogP contribution is -2.21. The molecule has 2 N–H and O–H groups in total. The third-order valence-corrected chi connectivity index (χ3v) is 2.65. The van der Waals surface area contributed by atoms with Gasteiger partial charge in [0.1, 0.15) is 17.1 Å². The number of rotatable bonds is 4. The maximum Gasteiger partial charge on any atom is 0.339 e. The van der Waals surface area contributed by atoms with Crippen molar-refractivity contribution in [1.82, 2.24) is 9.55 Å². The van der Waals surface area contributed by atoms with Gasteiger partial charge in [-0.25, -0.2) is 9.78 Å². The maximum absolute atomic E-state index is 11.7. The van der Waals surface area contributed by atoms with Crippen molar-refractivity contribution in [3.05, 3.63) is 45.9 Å². The summed E-state index contributed by atoms with van der Waals surface area (Å²) < 4.78 is 6.68. The van der Waals surface area contributed by atoms with Crippen molar-refractivity contribution in [3.8, 4) is 0 Å². The van der Waals surface area contributed by atoms with Crippen LogP contribution in [0.1, 0.15) is 21.9 Å². The molecule has 2 aromatic rings. The number of aromatic nitrogens is 2. The van der Waals surface area contributed by atoms with E-state index in [4.69, 9.17) is 9.52 Å². The molecule has 0 amide bonds. The van der Waals surface area contributed by atoms with Crippen LogP contribution in [-0.2, 0) is 13.6 Å². The van der Waals surface area contributed by atoms with Gasteiger partial charge in [-0.15, -0.1) is 0 Å². The van der Waals surface area contributed by atoms with Crippen LogP contribution >= 0.6 is 0 Å². The average molecular weight is 263 g/mol. The molecule has 0 unspecified atom stereocenters. The van der Waals surface area contributed by atoms with Crippen molar-refractivity contribution in [3.63, 3.8) is 0 Å². The normalized spacial score (nSPS) is 10.4. The van der Waals surface area contributed by atoms with E-state index in [9.17, 15) is 9.59 Å². The van der Waals surface area contributed by atoms with E-state index in [1.54, 1.807) is 20.2 Å². The van der Waals surface area contributed by atoms with Crippen LogP contribution in [-0.4, -0.2) is 20.6 Å². The second-order valence-corrected chi connectivity index (χ2v) is 4.03. The van der Waals surface area contributed by atoms with Crippen LogP contribution in [0.25, 0.3) is 0 Å². The molecular weight excluding hydrogens is 250 g/mol. The lowest BCUT2D eigenvalue weighted by Gasteiger charge is -2.03. The molecule has 0 aliphatic heterocycles. The zero-order chi connectivity index (χ0) is 14.0. The van der Waals surface area contributed by atoms with Gasteiger partial charge in [0.25, 0.3) is 5.56 Å². The summed E-state index contributed by atoms with van der Waals surface area (Å²) in [4.78, 5) is 26.5. The lowest BCUT2D eigenvalue weighted by atomic mass is 10.2. The molecule has 7 nitrogen and oxygen atoms in total. The number of nitrogens with one attached hydrogen (secondary N) is 1. The molecule has 0 bridgehead atoms. The Balaban J connectivity index is 2.15. The zero-order valence-corrected chi connectivity index (χ0v) is 10.5. The summed E-state index contributed by atoms with van der Waals surface area (Å²) in [6, 6.07) is 1.43. The summed E-state index contributed by atoms with van der Waals surface area (Å²) in [5, 5.41) is 11.7. The van der Waals surface area contributed by atoms with E-state index in [-0.39, 0.29) is 23.5 Å². The van der Waals surface area contributed by atoms with E-state index in [0.717, 1.165) is 0 Å². The van der Waals surface area contributed by atoms with Gasteiger partial charge in [-0.05, 0) is 13.0 Å². The number of carboxylic acid groups (broad SMARTS) is 1. The highest BCUT2D eigenvalue weighted by Crippen LogP contribution is 2.15. The monoisotopic (exact) mass is 263 g/mol. The Morgan fingerprint density at radius 2 is 2.32 bits per heavy atom. The van der Waals surface area contributed by atoms with E-state index in [1.165, 1.54) is 16.8 Å². The van der Waals surface area contributed by atoms with E-state index in [2.05, 4.69) is 10.3 Å². The average Bonchev–Trinajstić information content (AvgIpc) is 2.73. The molecule has 0 atom stereocenters. The van der Waals surface area contributed by atoms with Crippen molar-refractivity contribution >= 4 is 11.8 Å². The fourth-order valence-corrected chi connectivity index (χ4v) is 1.63. The predicted molar refractivity (Wildman–Crippen MR) is 67.2 cm³/mol. The molecule has 0 radical (unpaired) electrons. The topological polar surface area (TPSA) is 97.4 Å². The van der Waals surface area contributed by atoms with Gasteiger partial charge in [0.2, 0.25) is 0 Å². The van der Waals surface area contributed by atoms with E-state index in [1.807, 2.05) is 0 Å². The predicted octanol–water partition coefficient (Wildman–Crippen LogP) is 0.992. The second-order valence-electron chi connectivity index (χ2n) is 4.03. The summed E-state index contributed by atoms with van der Waals surface area (Å²) in [6.07, 6.45) is 3.05. The van der Waals surface area contributed by atoms with Crippen molar-refractivity contribution in [2.24, 2.45) is 7.05 Å². The Kier molecular flexibility index (Phi) is 3.37. The maximum atomic E-state index is 11.7. The fraction of sp³-hybridized carbons (Fsp3) is 0.250. The molecule has 0 spiro atoms. The number of hydrogen-bond donors (Lipinski definition) is 2. The molecule has 2 aromatic heterocycles. The first-order valence-electron chi connectivity index (χ1n) is 5.57. The fourth-order valence-electron chi connectivity index (χ4n) is 1.63. The molecular formula is C12H13N3O4. The SMILES string of the molecule is Cc1oc(CNc2nccn(C)c2=O)cc1C(=O)O. The Bertz CT molecular complexity index is 672. The number of furan rings is 1. The quantitative estimate of drug-likeness (QED) is 0.853. The van der Waals surface area contributed by atoms with Gasteiger partial charge in [-0.1, -0.05) is 0 Å². The highest BCUT2D eigenvalue weighted by Gasteiger charge is 2.13. The largest absolute Gasteiger partial charge is 0.478 e. The molecule has 0 aliphatic carbocycles. The number of carbonyl (C=O) groups is 1. The van der Waals surface area contributed by atoms with Crippen LogP contribution in [0.5, 0.6) is 0 Å². The van der Waals surface area contributed by atoms with Crippen LogP contribution in [0.3, 0.4) is 0 Å². The summed E-state index contributed by atoms with van der Waals surface area (Å²) in [5.41, 5.74) is -0.144. The number of hydrogen-bond acceptors (Lipinski definition) is 5. The Morgan fingerprint density at radius 3 is 2.95 bits per heavy atom. The van der Waals surface area contributed by atoms with E-state index in [0.29, 0.717) is 11.5 Å². The minimum absolute atomic E-state index is 0.116. The summed E-state index contributed by atoms with van der Waals surface area (Å²) >= 11 is 0. The molecule has 7 heteroatoms. The molecule has 100 valence electrons. The number of aryl methyl sites for hydroxylation is 2. The lowest BCUT2D eigenvalue weighted by molar-refractivity contribution is 0.0695. The highest BCUT2D eigenvalue weighted by molar-refractivity contribution is 5.88. The van der Waals surface area contributed by atoms with Crippen LogP contribution in [0, 0.1) is 6.92 Å². The van der Waals surface area contributed by atoms with Gasteiger partial charge in [0.05, 0.1) is 6.54 Å². The number of anilines is 1. The van der Waals surface area contributed by atoms with Gasteiger partial charge in [-0.3, -0.25) is 4.79 Å². The molecule has 2 heterocycles. The molecule has 2 rings (SSSR count). The van der Waals surface area contributed by atoms with Crippen molar-refractivity contribution in [2.45, 2.75) is 13.5 Å². The van der Waals surface area contributed by atoms with Crippen LogP contribution in [0.2, 0.25) is 0 Å². The third-order valence-electron chi connectivity index (χ3n) is 2.65. The minimum Gasteiger partial charge on any atom is -0.478 e. The minimum atomic E-state index is -1.04. The molecule has 0 fully saturated rings. The van der Waals surface area contributed by atoms with Crippen LogP contribution < -0.4 is 10.9 Å². The Morgan fingerprint density at radius 1 is 1.58 bits per heavy atom. The standard InChI is InChI=1S/C12H13N3O4/c1-7-9(12(17)18)5-8(19-7)6-14-10-11(16)15(2)4-3-13-10/h3-5H,6H2,1-2H3,(H,13,14)(H,17,18). The number of aromatic carboxylic acids is 1. The molecule has 19 heavy (non-hydrogen) atoms. The van der Waals surface area contributed by atoms with Crippen LogP contribution in [0.4, 0.5) is 5.82 Å². The summed E-state index contributed by atoms with van der Waals surface area (Å²) in [7, 11) is 1.62. The molecule has 0 aliphatic rings. The smallest absolute Gasteiger partial charge is 0.339 e. The van der Waals surface area contributed by atoms with Crippen LogP contribution in [0.15, 0.2) is 27.7 Å². The summed E-state index contributed by atoms with van der Waals surface area (Å²) in [6.45, 7) is 1.77. The molecule has 0 saturated carbocycles. The second kappa shape index (κ2) is 4.97. The zero-order valence-electron chi connectivity index (χ0n) is 10.5. The Hall–Kier alpha value is -2.57. The Labute approximate surface area is 108 Å². The van der Waals surface area contributed by atoms with E-state index < -0.39 is 5.97 Å². The van der Waals surface area contributed by atoms with Gasteiger partial charge in [-0.2, -0.15) is 0 Å².